The third kappa shape index (κ3) is 3.19. The second-order valence-corrected chi connectivity index (χ2v) is 4.20. The fourth-order valence-corrected chi connectivity index (χ4v) is 1.87. The molecule has 0 spiro atoms. The summed E-state index contributed by atoms with van der Waals surface area (Å²) in [6.07, 6.45) is 0. The lowest BCUT2D eigenvalue weighted by Crippen LogP contribution is -2.40. The van der Waals surface area contributed by atoms with E-state index in [9.17, 15) is 4.79 Å². The molecule has 0 aliphatic carbocycles. The van der Waals surface area contributed by atoms with Crippen molar-refractivity contribution in [1.29, 1.82) is 0 Å². The van der Waals surface area contributed by atoms with Crippen molar-refractivity contribution in [3.63, 3.8) is 0 Å². The molecule has 0 saturated carbocycles. The lowest BCUT2D eigenvalue weighted by Gasteiger charge is -2.12. The highest BCUT2D eigenvalue weighted by atomic mass is 16.2. The maximum atomic E-state index is 11.6. The van der Waals surface area contributed by atoms with E-state index in [0.717, 1.165) is 16.7 Å². The summed E-state index contributed by atoms with van der Waals surface area (Å²) < 4.78 is 0. The van der Waals surface area contributed by atoms with Gasteiger partial charge in [0.05, 0.1) is 0 Å². The summed E-state index contributed by atoms with van der Waals surface area (Å²) in [5.74, 6) is -0.255. The van der Waals surface area contributed by atoms with Crippen molar-refractivity contribution < 1.29 is 4.79 Å². The fourth-order valence-electron chi connectivity index (χ4n) is 1.87. The maximum Gasteiger partial charge on any atom is 0.255 e. The molecule has 0 heterocycles. The number of nitrogens with two attached hydrogens (primary N) is 1. The molecule has 1 atom stereocenters. The molecule has 0 aliphatic rings. The van der Waals surface area contributed by atoms with Crippen molar-refractivity contribution in [2.24, 2.45) is 5.73 Å². The van der Waals surface area contributed by atoms with Crippen LogP contribution in [0.4, 0.5) is 0 Å². The zero-order valence-corrected chi connectivity index (χ0v) is 10.8. The predicted octanol–water partition coefficient (Wildman–Crippen LogP) is 1.60. The minimum absolute atomic E-state index is 0.255. The Bertz CT molecular complexity index is 537. The standard InChI is InChI=1S/C15H17N3O/c1-17-18-15(19)14(16)13-9-7-12(8-10-13)11-5-3-2-4-6-11/h2-10,14,17H,16H2,1H3,(H,18,19). The Morgan fingerprint density at radius 1 is 1.00 bits per heavy atom. The summed E-state index contributed by atoms with van der Waals surface area (Å²) >= 11 is 0. The second-order valence-electron chi connectivity index (χ2n) is 4.20. The van der Waals surface area contributed by atoms with Gasteiger partial charge in [-0.15, -0.1) is 0 Å². The molecule has 0 aliphatic heterocycles. The molecule has 2 aromatic rings. The van der Waals surface area contributed by atoms with Gasteiger partial charge >= 0.3 is 0 Å². The molecule has 98 valence electrons. The van der Waals surface area contributed by atoms with Gasteiger partial charge in [0, 0.05) is 7.05 Å². The number of hydrazine groups is 1. The van der Waals surface area contributed by atoms with Crippen molar-refractivity contribution in [3.05, 3.63) is 60.2 Å². The van der Waals surface area contributed by atoms with Crippen LogP contribution in [0.15, 0.2) is 54.6 Å². The Kier molecular flexibility index (Phi) is 4.28. The van der Waals surface area contributed by atoms with Gasteiger partial charge in [0.15, 0.2) is 0 Å². The van der Waals surface area contributed by atoms with Gasteiger partial charge in [0.2, 0.25) is 0 Å². The number of carbonyl (C=O) groups excluding carboxylic acids is 1. The maximum absolute atomic E-state index is 11.6. The SMILES string of the molecule is CNNC(=O)C(N)c1ccc(-c2ccccc2)cc1. The Morgan fingerprint density at radius 2 is 1.58 bits per heavy atom. The van der Waals surface area contributed by atoms with Crippen molar-refractivity contribution in [1.82, 2.24) is 10.9 Å². The van der Waals surface area contributed by atoms with Crippen LogP contribution in [-0.2, 0) is 4.79 Å². The van der Waals surface area contributed by atoms with Crippen molar-refractivity contribution in [2.75, 3.05) is 7.05 Å². The van der Waals surface area contributed by atoms with Gasteiger partial charge in [0.1, 0.15) is 6.04 Å². The van der Waals surface area contributed by atoms with Crippen LogP contribution in [0.2, 0.25) is 0 Å². The van der Waals surface area contributed by atoms with Gasteiger partial charge in [-0.05, 0) is 16.7 Å². The lowest BCUT2D eigenvalue weighted by molar-refractivity contribution is -0.123. The average Bonchev–Trinajstić information content (AvgIpc) is 2.48. The summed E-state index contributed by atoms with van der Waals surface area (Å²) in [5, 5.41) is 0. The second kappa shape index (κ2) is 6.13. The number of rotatable bonds is 4. The zero-order chi connectivity index (χ0) is 13.7. The normalized spacial score (nSPS) is 11.9. The van der Waals surface area contributed by atoms with E-state index in [2.05, 4.69) is 10.9 Å². The summed E-state index contributed by atoms with van der Waals surface area (Å²) in [6.45, 7) is 0. The van der Waals surface area contributed by atoms with Crippen molar-refractivity contribution in [2.45, 2.75) is 6.04 Å². The van der Waals surface area contributed by atoms with E-state index in [-0.39, 0.29) is 5.91 Å². The van der Waals surface area contributed by atoms with E-state index < -0.39 is 6.04 Å². The van der Waals surface area contributed by atoms with Crippen LogP contribution in [0.25, 0.3) is 11.1 Å². The fraction of sp³-hybridized carbons (Fsp3) is 0.133. The van der Waals surface area contributed by atoms with Crippen LogP contribution in [0.1, 0.15) is 11.6 Å². The summed E-state index contributed by atoms with van der Waals surface area (Å²) in [4.78, 5) is 11.6. The van der Waals surface area contributed by atoms with Gasteiger partial charge in [-0.3, -0.25) is 10.2 Å². The van der Waals surface area contributed by atoms with E-state index in [1.54, 1.807) is 7.05 Å². The molecule has 4 nitrogen and oxygen atoms in total. The molecule has 0 bridgehead atoms. The first-order chi connectivity index (χ1) is 9.22. The minimum atomic E-state index is -0.669. The smallest absolute Gasteiger partial charge is 0.255 e. The molecule has 2 rings (SSSR count). The first-order valence-corrected chi connectivity index (χ1v) is 6.10. The number of nitrogens with one attached hydrogen (secondary N) is 2. The lowest BCUT2D eigenvalue weighted by atomic mass is 10.0. The van der Waals surface area contributed by atoms with Crippen LogP contribution in [0.5, 0.6) is 0 Å². The molecule has 1 unspecified atom stereocenters. The van der Waals surface area contributed by atoms with Crippen LogP contribution in [-0.4, -0.2) is 13.0 Å². The highest BCUT2D eigenvalue weighted by Crippen LogP contribution is 2.21. The number of hydrogen-bond donors (Lipinski definition) is 3. The summed E-state index contributed by atoms with van der Waals surface area (Å²) in [6, 6.07) is 17.1. The molecule has 1 amide bonds. The molecule has 19 heavy (non-hydrogen) atoms. The summed E-state index contributed by atoms with van der Waals surface area (Å²) in [5.41, 5.74) is 13.9. The third-order valence-electron chi connectivity index (χ3n) is 2.91. The van der Waals surface area contributed by atoms with E-state index in [1.807, 2.05) is 54.6 Å². The van der Waals surface area contributed by atoms with Crippen LogP contribution >= 0.6 is 0 Å². The molecule has 0 radical (unpaired) electrons. The van der Waals surface area contributed by atoms with Crippen LogP contribution in [0.3, 0.4) is 0 Å². The largest absolute Gasteiger partial charge is 0.316 e. The third-order valence-corrected chi connectivity index (χ3v) is 2.91. The number of amides is 1. The van der Waals surface area contributed by atoms with E-state index >= 15 is 0 Å². The number of hydrogen-bond acceptors (Lipinski definition) is 3. The molecule has 4 N–H and O–H groups in total. The Balaban J connectivity index is 2.17. The molecule has 0 saturated heterocycles. The van der Waals surface area contributed by atoms with Crippen molar-refractivity contribution in [3.8, 4) is 11.1 Å². The van der Waals surface area contributed by atoms with E-state index in [0.29, 0.717) is 0 Å². The number of benzene rings is 2. The molecular weight excluding hydrogens is 238 g/mol. The van der Waals surface area contributed by atoms with Crippen LogP contribution in [0, 0.1) is 0 Å². The summed E-state index contributed by atoms with van der Waals surface area (Å²) in [7, 11) is 1.63. The van der Waals surface area contributed by atoms with Crippen molar-refractivity contribution >= 4 is 5.91 Å². The van der Waals surface area contributed by atoms with Gasteiger partial charge < -0.3 is 5.73 Å². The van der Waals surface area contributed by atoms with E-state index in [4.69, 9.17) is 5.73 Å². The Labute approximate surface area is 112 Å². The van der Waals surface area contributed by atoms with E-state index in [1.165, 1.54) is 0 Å². The monoisotopic (exact) mass is 255 g/mol. The molecular formula is C15H17N3O. The van der Waals surface area contributed by atoms with Crippen LogP contribution < -0.4 is 16.6 Å². The van der Waals surface area contributed by atoms with Gasteiger partial charge in [0.25, 0.3) is 5.91 Å². The van der Waals surface area contributed by atoms with Gasteiger partial charge in [-0.2, -0.15) is 0 Å². The average molecular weight is 255 g/mol. The first kappa shape index (κ1) is 13.3. The highest BCUT2D eigenvalue weighted by molar-refractivity contribution is 5.82. The Hall–Kier alpha value is -2.17. The molecule has 0 aromatic heterocycles. The highest BCUT2D eigenvalue weighted by Gasteiger charge is 2.14. The minimum Gasteiger partial charge on any atom is -0.316 e. The molecule has 2 aromatic carbocycles. The zero-order valence-electron chi connectivity index (χ0n) is 10.8. The predicted molar refractivity (Wildman–Crippen MR) is 76.0 cm³/mol. The quantitative estimate of drug-likeness (QED) is 0.727. The topological polar surface area (TPSA) is 67.1 Å². The first-order valence-electron chi connectivity index (χ1n) is 6.10. The Morgan fingerprint density at radius 3 is 2.16 bits per heavy atom. The van der Waals surface area contributed by atoms with Gasteiger partial charge in [-0.1, -0.05) is 54.6 Å². The molecule has 0 fully saturated rings. The number of carbonyl (C=O) groups is 1. The van der Waals surface area contributed by atoms with Gasteiger partial charge in [-0.25, -0.2) is 5.43 Å². The molecule has 4 heteroatoms.